The predicted molar refractivity (Wildman–Crippen MR) is 90.8 cm³/mol. The van der Waals surface area contributed by atoms with Crippen molar-refractivity contribution in [2.75, 3.05) is 19.0 Å². The molecule has 0 spiro atoms. The number of nitrogens with zero attached hydrogens (tertiary/aromatic N) is 1. The molecule has 1 fully saturated rings. The summed E-state index contributed by atoms with van der Waals surface area (Å²) in [6.07, 6.45) is 6.29. The maximum Gasteiger partial charge on any atom is 0.256 e. The number of ether oxygens (including phenoxy) is 2. The molecule has 1 aliphatic carbocycles. The predicted octanol–water partition coefficient (Wildman–Crippen LogP) is 3.71. The molecule has 1 saturated carbocycles. The highest BCUT2D eigenvalue weighted by Crippen LogP contribution is 2.36. The Balaban J connectivity index is 2.15. The fraction of sp³-hybridized carbons (Fsp3) is 0.667. The number of rotatable bonds is 6. The molecule has 0 saturated heterocycles. The van der Waals surface area contributed by atoms with Crippen LogP contribution in [0.15, 0.2) is 12.3 Å². The van der Waals surface area contributed by atoms with Crippen LogP contribution in [0.2, 0.25) is 0 Å². The van der Waals surface area contributed by atoms with Gasteiger partial charge in [-0.15, -0.1) is 0 Å². The van der Waals surface area contributed by atoms with Gasteiger partial charge in [0.1, 0.15) is 5.60 Å². The second-order valence-electron chi connectivity index (χ2n) is 6.55. The summed E-state index contributed by atoms with van der Waals surface area (Å²) in [6, 6.07) is 1.88. The van der Waals surface area contributed by atoms with Crippen LogP contribution in [-0.2, 0) is 9.53 Å². The third kappa shape index (κ3) is 4.22. The summed E-state index contributed by atoms with van der Waals surface area (Å²) in [5.74, 6) is 1.03. The molecule has 1 heterocycles. The number of aryl methyl sites for hydroxylation is 1. The van der Waals surface area contributed by atoms with E-state index in [1.807, 2.05) is 13.0 Å². The fourth-order valence-corrected chi connectivity index (χ4v) is 3.29. The van der Waals surface area contributed by atoms with Crippen molar-refractivity contribution in [3.63, 3.8) is 0 Å². The van der Waals surface area contributed by atoms with E-state index in [0.29, 0.717) is 24.1 Å². The number of nitrogens with one attached hydrogen (secondary N) is 1. The van der Waals surface area contributed by atoms with E-state index in [9.17, 15) is 4.79 Å². The van der Waals surface area contributed by atoms with Crippen molar-refractivity contribution in [3.05, 3.63) is 17.8 Å². The van der Waals surface area contributed by atoms with Gasteiger partial charge in [-0.2, -0.15) is 0 Å². The third-order valence-corrected chi connectivity index (χ3v) is 4.43. The van der Waals surface area contributed by atoms with E-state index in [1.165, 1.54) is 0 Å². The van der Waals surface area contributed by atoms with Crippen molar-refractivity contribution < 1.29 is 14.3 Å². The van der Waals surface area contributed by atoms with Gasteiger partial charge >= 0.3 is 0 Å². The van der Waals surface area contributed by atoms with Crippen LogP contribution in [0.3, 0.4) is 0 Å². The summed E-state index contributed by atoms with van der Waals surface area (Å²) >= 11 is 0. The number of methoxy groups -OCH3 is 1. The van der Waals surface area contributed by atoms with Gasteiger partial charge in [-0.1, -0.05) is 20.3 Å². The lowest BCUT2D eigenvalue weighted by Gasteiger charge is -2.38. The molecule has 5 heteroatoms. The zero-order chi connectivity index (χ0) is 16.9. The van der Waals surface area contributed by atoms with Crippen molar-refractivity contribution >= 4 is 11.6 Å². The molecule has 1 aromatic rings. The van der Waals surface area contributed by atoms with Gasteiger partial charge in [-0.25, -0.2) is 4.98 Å². The Morgan fingerprint density at radius 2 is 2.30 bits per heavy atom. The monoisotopic (exact) mass is 320 g/mol. The van der Waals surface area contributed by atoms with Crippen molar-refractivity contribution in [2.45, 2.75) is 58.5 Å². The number of hydrogen-bond acceptors (Lipinski definition) is 4. The normalized spacial score (nSPS) is 24.3. The third-order valence-electron chi connectivity index (χ3n) is 4.43. The van der Waals surface area contributed by atoms with Crippen LogP contribution in [0, 0.1) is 12.8 Å². The van der Waals surface area contributed by atoms with E-state index in [4.69, 9.17) is 9.47 Å². The topological polar surface area (TPSA) is 60.5 Å². The molecule has 5 nitrogen and oxygen atoms in total. The first kappa shape index (κ1) is 17.7. The summed E-state index contributed by atoms with van der Waals surface area (Å²) in [6.45, 7) is 6.78. The largest absolute Gasteiger partial charge is 0.481 e. The van der Waals surface area contributed by atoms with E-state index in [2.05, 4.69) is 24.1 Å². The molecule has 2 atom stereocenters. The number of anilines is 1. The van der Waals surface area contributed by atoms with E-state index in [0.717, 1.165) is 37.7 Å². The highest BCUT2D eigenvalue weighted by atomic mass is 16.5. The van der Waals surface area contributed by atoms with Crippen LogP contribution >= 0.6 is 0 Å². The Bertz CT molecular complexity index is 547. The Morgan fingerprint density at radius 3 is 2.91 bits per heavy atom. The fourth-order valence-electron chi connectivity index (χ4n) is 3.29. The molecule has 1 aliphatic rings. The highest BCUT2D eigenvalue weighted by molar-refractivity contribution is 5.97. The molecule has 0 bridgehead atoms. The SMILES string of the molecule is CCCOC1(C(=O)Nc2cnc(OC)c(C)c2)CCCC(C)C1. The average molecular weight is 320 g/mol. The Morgan fingerprint density at radius 1 is 1.52 bits per heavy atom. The van der Waals surface area contributed by atoms with E-state index < -0.39 is 5.60 Å². The quantitative estimate of drug-likeness (QED) is 0.868. The number of hydrogen-bond donors (Lipinski definition) is 1. The lowest BCUT2D eigenvalue weighted by molar-refractivity contribution is -0.148. The zero-order valence-electron chi connectivity index (χ0n) is 14.6. The van der Waals surface area contributed by atoms with Crippen LogP contribution in [0.5, 0.6) is 5.88 Å². The van der Waals surface area contributed by atoms with Crippen LogP contribution < -0.4 is 10.1 Å². The summed E-state index contributed by atoms with van der Waals surface area (Å²) in [4.78, 5) is 17.1. The minimum Gasteiger partial charge on any atom is -0.481 e. The first-order valence-corrected chi connectivity index (χ1v) is 8.47. The van der Waals surface area contributed by atoms with Gasteiger partial charge in [0, 0.05) is 12.2 Å². The standard InChI is InChI=1S/C18H28N2O3/c1-5-9-23-18(8-6-7-13(2)11-18)17(21)20-15-10-14(3)16(22-4)19-12-15/h10,12-13H,5-9,11H2,1-4H3,(H,20,21). The second kappa shape index (κ2) is 7.77. The minimum atomic E-state index is -0.707. The smallest absolute Gasteiger partial charge is 0.256 e. The van der Waals surface area contributed by atoms with E-state index in [-0.39, 0.29) is 5.91 Å². The van der Waals surface area contributed by atoms with E-state index in [1.54, 1.807) is 13.3 Å². The van der Waals surface area contributed by atoms with Gasteiger partial charge in [0.15, 0.2) is 0 Å². The van der Waals surface area contributed by atoms with Gasteiger partial charge in [-0.3, -0.25) is 4.79 Å². The van der Waals surface area contributed by atoms with Gasteiger partial charge in [0.05, 0.1) is 19.0 Å². The van der Waals surface area contributed by atoms with Crippen molar-refractivity contribution in [2.24, 2.45) is 5.92 Å². The summed E-state index contributed by atoms with van der Waals surface area (Å²) < 4.78 is 11.2. The first-order valence-electron chi connectivity index (χ1n) is 8.47. The minimum absolute atomic E-state index is 0.0520. The summed E-state index contributed by atoms with van der Waals surface area (Å²) in [5, 5.41) is 2.99. The zero-order valence-corrected chi connectivity index (χ0v) is 14.6. The molecule has 1 N–H and O–H groups in total. The van der Waals surface area contributed by atoms with Crippen LogP contribution in [0.1, 0.15) is 51.5 Å². The maximum absolute atomic E-state index is 12.9. The summed E-state index contributed by atoms with van der Waals surface area (Å²) in [5.41, 5.74) is 0.874. The van der Waals surface area contributed by atoms with Gasteiger partial charge < -0.3 is 14.8 Å². The molecule has 128 valence electrons. The van der Waals surface area contributed by atoms with E-state index >= 15 is 0 Å². The first-order chi connectivity index (χ1) is 11.0. The Kier molecular flexibility index (Phi) is 5.99. The molecular weight excluding hydrogens is 292 g/mol. The molecule has 2 unspecified atom stereocenters. The van der Waals surface area contributed by atoms with Crippen LogP contribution in [-0.4, -0.2) is 30.2 Å². The molecule has 1 aromatic heterocycles. The van der Waals surface area contributed by atoms with Crippen molar-refractivity contribution in [3.8, 4) is 5.88 Å². The molecule has 0 aromatic carbocycles. The second-order valence-corrected chi connectivity index (χ2v) is 6.55. The Labute approximate surface area is 138 Å². The van der Waals surface area contributed by atoms with Gasteiger partial charge in [0.2, 0.25) is 5.88 Å². The average Bonchev–Trinajstić information content (AvgIpc) is 2.53. The Hall–Kier alpha value is -1.62. The molecule has 2 rings (SSSR count). The number of aromatic nitrogens is 1. The van der Waals surface area contributed by atoms with Gasteiger partial charge in [0.25, 0.3) is 5.91 Å². The number of pyridine rings is 1. The number of carbonyl (C=O) groups is 1. The lowest BCUT2D eigenvalue weighted by atomic mass is 9.78. The maximum atomic E-state index is 12.9. The van der Waals surface area contributed by atoms with Crippen molar-refractivity contribution in [1.82, 2.24) is 4.98 Å². The molecule has 0 aliphatic heterocycles. The molecular formula is C18H28N2O3. The molecule has 0 radical (unpaired) electrons. The molecule has 23 heavy (non-hydrogen) atoms. The highest BCUT2D eigenvalue weighted by Gasteiger charge is 2.42. The number of carbonyl (C=O) groups excluding carboxylic acids is 1. The number of amides is 1. The van der Waals surface area contributed by atoms with Crippen molar-refractivity contribution in [1.29, 1.82) is 0 Å². The van der Waals surface area contributed by atoms with Crippen LogP contribution in [0.4, 0.5) is 5.69 Å². The van der Waals surface area contributed by atoms with Gasteiger partial charge in [-0.05, 0) is 44.6 Å². The summed E-state index contributed by atoms with van der Waals surface area (Å²) in [7, 11) is 1.59. The lowest BCUT2D eigenvalue weighted by Crippen LogP contribution is -2.48. The van der Waals surface area contributed by atoms with Crippen LogP contribution in [0.25, 0.3) is 0 Å². The molecule has 1 amide bonds.